The van der Waals surface area contributed by atoms with Gasteiger partial charge in [-0.15, -0.1) is 0 Å². The third kappa shape index (κ3) is 5.86. The van der Waals surface area contributed by atoms with E-state index < -0.39 is 6.23 Å². The van der Waals surface area contributed by atoms with Crippen molar-refractivity contribution in [1.82, 2.24) is 25.3 Å². The molecule has 0 bridgehead atoms. The average Bonchev–Trinajstić information content (AvgIpc) is 3.36. The molecular weight excluding hydrogens is 464 g/mol. The van der Waals surface area contributed by atoms with E-state index >= 15 is 0 Å². The highest BCUT2D eigenvalue weighted by Crippen LogP contribution is 2.37. The Labute approximate surface area is 210 Å². The molecule has 0 amide bonds. The molecule has 0 aromatic carbocycles. The molecule has 4 heterocycles. The van der Waals surface area contributed by atoms with Crippen LogP contribution in [-0.4, -0.2) is 82.8 Å². The number of hydrogen-bond acceptors (Lipinski definition) is 10. The number of nitrogens with zero attached hydrogens (tertiary/aromatic N) is 4. The lowest BCUT2D eigenvalue weighted by Gasteiger charge is -2.33. The maximum absolute atomic E-state index is 10.7. The SMILES string of the molecule is COc1ccnc2[nH]cc(C3CCN(c4cc(C(O)N[C@@H](C)CO)nc(OC[C@H](C)OC)n4)CC3)c12. The van der Waals surface area contributed by atoms with Gasteiger partial charge in [-0.25, -0.2) is 4.98 Å². The minimum atomic E-state index is -1.07. The zero-order valence-corrected chi connectivity index (χ0v) is 21.3. The molecule has 36 heavy (non-hydrogen) atoms. The average molecular weight is 501 g/mol. The molecule has 3 aromatic heterocycles. The van der Waals surface area contributed by atoms with Gasteiger partial charge < -0.3 is 34.3 Å². The molecule has 11 heteroatoms. The first-order chi connectivity index (χ1) is 17.4. The first-order valence-electron chi connectivity index (χ1n) is 12.3. The van der Waals surface area contributed by atoms with Crippen molar-refractivity contribution in [1.29, 1.82) is 0 Å². The summed E-state index contributed by atoms with van der Waals surface area (Å²) in [7, 11) is 3.29. The van der Waals surface area contributed by atoms with E-state index in [0.29, 0.717) is 17.4 Å². The van der Waals surface area contributed by atoms with Crippen molar-refractivity contribution < 1.29 is 24.4 Å². The molecular formula is C25H36N6O5. The molecule has 1 aliphatic rings. The molecule has 4 rings (SSSR count). The van der Waals surface area contributed by atoms with Gasteiger partial charge in [0.25, 0.3) is 0 Å². The summed E-state index contributed by atoms with van der Waals surface area (Å²) in [4.78, 5) is 18.9. The highest BCUT2D eigenvalue weighted by atomic mass is 16.5. The number of piperidine rings is 1. The summed E-state index contributed by atoms with van der Waals surface area (Å²) in [6, 6.07) is 3.54. The van der Waals surface area contributed by atoms with E-state index in [-0.39, 0.29) is 31.4 Å². The first kappa shape index (κ1) is 26.1. The monoisotopic (exact) mass is 500 g/mol. The van der Waals surface area contributed by atoms with Crippen molar-refractivity contribution in [2.75, 3.05) is 45.4 Å². The van der Waals surface area contributed by atoms with Crippen LogP contribution in [0.3, 0.4) is 0 Å². The van der Waals surface area contributed by atoms with Crippen LogP contribution in [0.2, 0.25) is 0 Å². The fourth-order valence-corrected chi connectivity index (χ4v) is 4.43. The van der Waals surface area contributed by atoms with Crippen LogP contribution in [0, 0.1) is 0 Å². The Kier molecular flexibility index (Phi) is 8.57. The second kappa shape index (κ2) is 11.8. The lowest BCUT2D eigenvalue weighted by Crippen LogP contribution is -2.35. The van der Waals surface area contributed by atoms with Gasteiger partial charge in [-0.3, -0.25) is 5.32 Å². The van der Waals surface area contributed by atoms with Crippen molar-refractivity contribution >= 4 is 16.9 Å². The number of pyridine rings is 1. The van der Waals surface area contributed by atoms with E-state index in [9.17, 15) is 10.2 Å². The fourth-order valence-electron chi connectivity index (χ4n) is 4.43. The van der Waals surface area contributed by atoms with Crippen molar-refractivity contribution in [3.8, 4) is 11.8 Å². The standard InChI is InChI=1S/C25H36N6O5/c1-15(13-32)28-24(33)19-11-21(30-25(29-19)36-14-16(2)34-3)31-9-6-17(7-10-31)18-12-27-23-22(18)20(35-4)5-8-26-23/h5,8,11-12,15-17,24,28,32-33H,6-7,9-10,13-14H2,1-4H3,(H,26,27)/t15-,16-,24?/m0/s1. The Morgan fingerprint density at radius 3 is 2.69 bits per heavy atom. The molecule has 3 aromatic rings. The maximum Gasteiger partial charge on any atom is 0.318 e. The van der Waals surface area contributed by atoms with Crippen molar-refractivity contribution in [2.24, 2.45) is 0 Å². The molecule has 0 saturated carbocycles. The highest BCUT2D eigenvalue weighted by molar-refractivity contribution is 5.86. The van der Waals surface area contributed by atoms with Gasteiger partial charge in [-0.05, 0) is 44.2 Å². The number of anilines is 1. The molecule has 3 atom stereocenters. The highest BCUT2D eigenvalue weighted by Gasteiger charge is 2.26. The quantitative estimate of drug-likeness (QED) is 0.290. The third-order valence-electron chi connectivity index (χ3n) is 6.60. The van der Waals surface area contributed by atoms with Gasteiger partial charge >= 0.3 is 6.01 Å². The second-order valence-corrected chi connectivity index (χ2v) is 9.19. The number of H-pyrrole nitrogens is 1. The van der Waals surface area contributed by atoms with E-state index in [1.54, 1.807) is 33.4 Å². The molecule has 11 nitrogen and oxygen atoms in total. The Bertz CT molecular complexity index is 1130. The fraction of sp³-hybridized carbons (Fsp3) is 0.560. The van der Waals surface area contributed by atoms with Crippen molar-refractivity contribution in [3.63, 3.8) is 0 Å². The molecule has 1 aliphatic heterocycles. The number of aliphatic hydroxyl groups is 2. The Hall–Kier alpha value is -2.99. The lowest BCUT2D eigenvalue weighted by molar-refractivity contribution is 0.0668. The molecule has 1 saturated heterocycles. The number of nitrogens with one attached hydrogen (secondary N) is 2. The maximum atomic E-state index is 10.7. The topological polar surface area (TPSA) is 138 Å². The van der Waals surface area contributed by atoms with E-state index in [1.807, 2.05) is 19.2 Å². The van der Waals surface area contributed by atoms with Gasteiger partial charge in [0.1, 0.15) is 30.0 Å². The molecule has 4 N–H and O–H groups in total. The molecule has 0 spiro atoms. The molecule has 196 valence electrons. The Morgan fingerprint density at radius 1 is 1.22 bits per heavy atom. The van der Waals surface area contributed by atoms with Crippen LogP contribution in [0.25, 0.3) is 11.0 Å². The van der Waals surface area contributed by atoms with Crippen LogP contribution in [0.4, 0.5) is 5.82 Å². The summed E-state index contributed by atoms with van der Waals surface area (Å²) in [5.74, 6) is 1.87. The van der Waals surface area contributed by atoms with Gasteiger partial charge in [-0.1, -0.05) is 0 Å². The van der Waals surface area contributed by atoms with Crippen LogP contribution in [0.1, 0.15) is 50.1 Å². The normalized spacial score (nSPS) is 17.2. The summed E-state index contributed by atoms with van der Waals surface area (Å²) in [5, 5.41) is 24.0. The minimum Gasteiger partial charge on any atom is -0.496 e. The van der Waals surface area contributed by atoms with Crippen molar-refractivity contribution in [2.45, 2.75) is 51.0 Å². The van der Waals surface area contributed by atoms with Crippen LogP contribution >= 0.6 is 0 Å². The lowest BCUT2D eigenvalue weighted by atomic mass is 9.89. The summed E-state index contributed by atoms with van der Waals surface area (Å²) < 4.78 is 16.6. The largest absolute Gasteiger partial charge is 0.496 e. The number of fused-ring (bicyclic) bond motifs is 1. The van der Waals surface area contributed by atoms with E-state index in [1.165, 1.54) is 5.56 Å². The number of hydrogen-bond donors (Lipinski definition) is 4. The summed E-state index contributed by atoms with van der Waals surface area (Å²) >= 11 is 0. The van der Waals surface area contributed by atoms with Crippen LogP contribution < -0.4 is 19.7 Å². The Morgan fingerprint density at radius 2 is 2.00 bits per heavy atom. The number of aromatic amines is 1. The molecule has 1 fully saturated rings. The minimum absolute atomic E-state index is 0.106. The van der Waals surface area contributed by atoms with Gasteiger partial charge in [-0.2, -0.15) is 9.97 Å². The molecule has 0 aliphatic carbocycles. The van der Waals surface area contributed by atoms with Crippen LogP contribution in [-0.2, 0) is 4.74 Å². The second-order valence-electron chi connectivity index (χ2n) is 9.19. The summed E-state index contributed by atoms with van der Waals surface area (Å²) in [5.41, 5.74) is 2.43. The number of aromatic nitrogens is 4. The molecule has 1 unspecified atom stereocenters. The van der Waals surface area contributed by atoms with Gasteiger partial charge in [0.2, 0.25) is 0 Å². The van der Waals surface area contributed by atoms with E-state index in [2.05, 4.69) is 30.2 Å². The number of methoxy groups -OCH3 is 2. The summed E-state index contributed by atoms with van der Waals surface area (Å²) in [6.07, 6.45) is 4.43. The Balaban J connectivity index is 1.53. The van der Waals surface area contributed by atoms with E-state index in [0.717, 1.165) is 42.7 Å². The zero-order valence-electron chi connectivity index (χ0n) is 21.3. The first-order valence-corrected chi connectivity index (χ1v) is 12.3. The zero-order chi connectivity index (χ0) is 25.7. The van der Waals surface area contributed by atoms with Gasteiger partial charge in [0.15, 0.2) is 0 Å². The van der Waals surface area contributed by atoms with Gasteiger partial charge in [0.05, 0.1) is 30.9 Å². The number of rotatable bonds is 11. The third-order valence-corrected chi connectivity index (χ3v) is 6.60. The van der Waals surface area contributed by atoms with Crippen molar-refractivity contribution in [3.05, 3.63) is 35.8 Å². The number of aliphatic hydroxyl groups excluding tert-OH is 2. The number of ether oxygens (including phenoxy) is 3. The summed E-state index contributed by atoms with van der Waals surface area (Å²) in [6.45, 7) is 5.41. The predicted molar refractivity (Wildman–Crippen MR) is 135 cm³/mol. The predicted octanol–water partition coefficient (Wildman–Crippen LogP) is 2.12. The van der Waals surface area contributed by atoms with Crippen LogP contribution in [0.5, 0.6) is 11.8 Å². The van der Waals surface area contributed by atoms with Crippen LogP contribution in [0.15, 0.2) is 24.5 Å². The van der Waals surface area contributed by atoms with E-state index in [4.69, 9.17) is 14.2 Å². The molecule has 0 radical (unpaired) electrons. The van der Waals surface area contributed by atoms with Gasteiger partial charge in [0, 0.05) is 44.7 Å². The smallest absolute Gasteiger partial charge is 0.318 e.